The van der Waals surface area contributed by atoms with Crippen molar-refractivity contribution in [3.05, 3.63) is 0 Å². The van der Waals surface area contributed by atoms with Gasteiger partial charge in [0.1, 0.15) is 0 Å². The molecule has 0 aromatic heterocycles. The Bertz CT molecular complexity index is 148. The van der Waals surface area contributed by atoms with E-state index in [0.717, 1.165) is 13.1 Å². The molecule has 1 aliphatic heterocycles. The van der Waals surface area contributed by atoms with Gasteiger partial charge in [0.15, 0.2) is 0 Å². The number of piperazine rings is 1. The van der Waals surface area contributed by atoms with Crippen LogP contribution in [0.1, 0.15) is 20.8 Å². The summed E-state index contributed by atoms with van der Waals surface area (Å²) in [5.41, 5.74) is 0. The van der Waals surface area contributed by atoms with E-state index < -0.39 is 0 Å². The monoisotopic (exact) mass is 156 g/mol. The van der Waals surface area contributed by atoms with Gasteiger partial charge >= 0.3 is 0 Å². The third-order valence-electron chi connectivity index (χ3n) is 2.19. The van der Waals surface area contributed by atoms with Gasteiger partial charge in [0, 0.05) is 32.1 Å². The Hall–Kier alpha value is -0.570. The molecule has 0 saturated carbocycles. The van der Waals surface area contributed by atoms with Crippen LogP contribution in [0.15, 0.2) is 0 Å². The predicted molar refractivity (Wildman–Crippen MR) is 44.3 cm³/mol. The van der Waals surface area contributed by atoms with Crippen LogP contribution >= 0.6 is 0 Å². The molecule has 0 spiro atoms. The second kappa shape index (κ2) is 3.22. The molecule has 1 N–H and O–H groups in total. The van der Waals surface area contributed by atoms with Gasteiger partial charge in [-0.1, -0.05) is 0 Å². The Morgan fingerprint density at radius 3 is 2.09 bits per heavy atom. The molecule has 0 aromatic carbocycles. The first-order chi connectivity index (χ1) is 5.13. The average Bonchev–Trinajstić information content (AvgIpc) is 1.85. The Balaban J connectivity index is 2.62. The summed E-state index contributed by atoms with van der Waals surface area (Å²) >= 11 is 0. The van der Waals surface area contributed by atoms with E-state index >= 15 is 0 Å². The molecule has 1 fully saturated rings. The first-order valence-electron chi connectivity index (χ1n) is 4.12. The van der Waals surface area contributed by atoms with E-state index in [2.05, 4.69) is 19.2 Å². The van der Waals surface area contributed by atoms with Gasteiger partial charge in [0.05, 0.1) is 0 Å². The third-order valence-corrected chi connectivity index (χ3v) is 2.19. The van der Waals surface area contributed by atoms with Crippen LogP contribution in [0.4, 0.5) is 0 Å². The Kier molecular flexibility index (Phi) is 2.49. The minimum absolute atomic E-state index is 0.187. The summed E-state index contributed by atoms with van der Waals surface area (Å²) in [6.07, 6.45) is 0. The molecule has 1 saturated heterocycles. The molecule has 0 aliphatic carbocycles. The van der Waals surface area contributed by atoms with Crippen molar-refractivity contribution in [2.75, 3.05) is 13.1 Å². The smallest absolute Gasteiger partial charge is 0.220 e. The van der Waals surface area contributed by atoms with Gasteiger partial charge in [-0.15, -0.1) is 0 Å². The summed E-state index contributed by atoms with van der Waals surface area (Å²) in [4.78, 5) is 13.1. The van der Waals surface area contributed by atoms with E-state index in [0.29, 0.717) is 12.1 Å². The number of carbonyl (C=O) groups excluding carboxylic acids is 1. The van der Waals surface area contributed by atoms with Crippen LogP contribution in [-0.4, -0.2) is 36.0 Å². The largest absolute Gasteiger partial charge is 0.335 e. The van der Waals surface area contributed by atoms with Crippen LogP contribution in [-0.2, 0) is 4.79 Å². The second-order valence-corrected chi connectivity index (χ2v) is 3.28. The number of amides is 1. The summed E-state index contributed by atoms with van der Waals surface area (Å²) in [5.74, 6) is 0.187. The molecule has 1 aliphatic rings. The van der Waals surface area contributed by atoms with Crippen LogP contribution < -0.4 is 5.32 Å². The zero-order chi connectivity index (χ0) is 8.43. The summed E-state index contributed by atoms with van der Waals surface area (Å²) in [6, 6.07) is 0.687. The molecule has 11 heavy (non-hydrogen) atoms. The van der Waals surface area contributed by atoms with Gasteiger partial charge in [-0.05, 0) is 13.8 Å². The van der Waals surface area contributed by atoms with Crippen molar-refractivity contribution in [3.63, 3.8) is 0 Å². The molecule has 1 rings (SSSR count). The molecule has 0 aromatic rings. The molecule has 3 nitrogen and oxygen atoms in total. The number of nitrogens with one attached hydrogen (secondary N) is 1. The Morgan fingerprint density at radius 1 is 1.36 bits per heavy atom. The zero-order valence-corrected chi connectivity index (χ0v) is 7.42. The van der Waals surface area contributed by atoms with Crippen molar-refractivity contribution in [2.45, 2.75) is 32.9 Å². The lowest BCUT2D eigenvalue weighted by atomic mass is 10.1. The van der Waals surface area contributed by atoms with Gasteiger partial charge in [-0.2, -0.15) is 0 Å². The second-order valence-electron chi connectivity index (χ2n) is 3.28. The highest BCUT2D eigenvalue weighted by Gasteiger charge is 2.25. The molecular weight excluding hydrogens is 140 g/mol. The minimum atomic E-state index is 0.187. The highest BCUT2D eigenvalue weighted by molar-refractivity contribution is 5.74. The standard InChI is InChI=1S/C8H16N2O/c1-6-4-9-5-7(2)10(6)8(3)11/h6-7,9H,4-5H2,1-3H3. The van der Waals surface area contributed by atoms with Crippen LogP contribution in [0.5, 0.6) is 0 Å². The van der Waals surface area contributed by atoms with E-state index in [1.807, 2.05) is 4.90 Å². The molecular formula is C8H16N2O. The molecule has 0 bridgehead atoms. The van der Waals surface area contributed by atoms with Crippen LogP contribution in [0.3, 0.4) is 0 Å². The van der Waals surface area contributed by atoms with Gasteiger partial charge < -0.3 is 10.2 Å². The maximum Gasteiger partial charge on any atom is 0.220 e. The number of carbonyl (C=O) groups is 1. The van der Waals surface area contributed by atoms with E-state index in [-0.39, 0.29) is 5.91 Å². The van der Waals surface area contributed by atoms with Gasteiger partial charge in [0.2, 0.25) is 5.91 Å². The molecule has 64 valence electrons. The number of rotatable bonds is 0. The lowest BCUT2D eigenvalue weighted by molar-refractivity contribution is -0.134. The third kappa shape index (κ3) is 1.71. The van der Waals surface area contributed by atoms with E-state index in [9.17, 15) is 4.79 Å². The van der Waals surface area contributed by atoms with E-state index in [1.54, 1.807) is 6.92 Å². The fourth-order valence-corrected chi connectivity index (χ4v) is 1.75. The highest BCUT2D eigenvalue weighted by atomic mass is 16.2. The van der Waals surface area contributed by atoms with Crippen LogP contribution in [0.2, 0.25) is 0 Å². The zero-order valence-electron chi connectivity index (χ0n) is 7.42. The fraction of sp³-hybridized carbons (Fsp3) is 0.875. The molecule has 3 heteroatoms. The van der Waals surface area contributed by atoms with Crippen molar-refractivity contribution in [1.29, 1.82) is 0 Å². The number of hydrogen-bond donors (Lipinski definition) is 1. The molecule has 1 amide bonds. The predicted octanol–water partition coefficient (Wildman–Crippen LogP) is 0.215. The van der Waals surface area contributed by atoms with E-state index in [1.165, 1.54) is 0 Å². The number of nitrogens with zero attached hydrogens (tertiary/aromatic N) is 1. The average molecular weight is 156 g/mol. The van der Waals surface area contributed by atoms with Crippen molar-refractivity contribution in [1.82, 2.24) is 10.2 Å². The van der Waals surface area contributed by atoms with Crippen molar-refractivity contribution in [3.8, 4) is 0 Å². The van der Waals surface area contributed by atoms with Gasteiger partial charge in [-0.3, -0.25) is 4.79 Å². The van der Waals surface area contributed by atoms with Crippen molar-refractivity contribution in [2.24, 2.45) is 0 Å². The fourth-order valence-electron chi connectivity index (χ4n) is 1.75. The maximum absolute atomic E-state index is 11.1. The molecule has 2 atom stereocenters. The molecule has 2 unspecified atom stereocenters. The quantitative estimate of drug-likeness (QED) is 0.544. The summed E-state index contributed by atoms with van der Waals surface area (Å²) in [6.45, 7) is 7.63. The van der Waals surface area contributed by atoms with E-state index in [4.69, 9.17) is 0 Å². The molecule has 0 radical (unpaired) electrons. The van der Waals surface area contributed by atoms with Crippen molar-refractivity contribution < 1.29 is 4.79 Å². The minimum Gasteiger partial charge on any atom is -0.335 e. The topological polar surface area (TPSA) is 32.3 Å². The Morgan fingerprint density at radius 2 is 1.82 bits per heavy atom. The van der Waals surface area contributed by atoms with Crippen LogP contribution in [0, 0.1) is 0 Å². The summed E-state index contributed by atoms with van der Waals surface area (Å²) < 4.78 is 0. The SMILES string of the molecule is CC(=O)N1C(C)CNCC1C. The summed E-state index contributed by atoms with van der Waals surface area (Å²) in [7, 11) is 0. The first kappa shape index (κ1) is 8.53. The number of hydrogen-bond acceptors (Lipinski definition) is 2. The lowest BCUT2D eigenvalue weighted by Gasteiger charge is -2.38. The van der Waals surface area contributed by atoms with Gasteiger partial charge in [-0.25, -0.2) is 0 Å². The molecule has 1 heterocycles. The summed E-state index contributed by atoms with van der Waals surface area (Å²) in [5, 5.41) is 3.28. The van der Waals surface area contributed by atoms with Gasteiger partial charge in [0.25, 0.3) is 0 Å². The van der Waals surface area contributed by atoms with Crippen LogP contribution in [0.25, 0.3) is 0 Å². The normalized spacial score (nSPS) is 32.1. The lowest BCUT2D eigenvalue weighted by Crippen LogP contribution is -2.56. The van der Waals surface area contributed by atoms with Crippen molar-refractivity contribution >= 4 is 5.91 Å². The highest BCUT2D eigenvalue weighted by Crippen LogP contribution is 2.08. The first-order valence-corrected chi connectivity index (χ1v) is 4.12. The Labute approximate surface area is 67.8 Å². The maximum atomic E-state index is 11.1.